The maximum Gasteiger partial charge on any atom is 0.401 e. The second-order valence-electron chi connectivity index (χ2n) is 4.50. The predicted molar refractivity (Wildman–Crippen MR) is 59.7 cm³/mol. The van der Waals surface area contributed by atoms with Gasteiger partial charge in [-0.2, -0.15) is 13.2 Å². The summed E-state index contributed by atoms with van der Waals surface area (Å²) < 4.78 is 36.6. The number of piperidine rings is 1. The van der Waals surface area contributed by atoms with Crippen LogP contribution in [0.25, 0.3) is 0 Å². The van der Waals surface area contributed by atoms with Gasteiger partial charge >= 0.3 is 6.18 Å². The fourth-order valence-electron chi connectivity index (χ4n) is 2.35. The zero-order valence-corrected chi connectivity index (χ0v) is 9.50. The van der Waals surface area contributed by atoms with Crippen LogP contribution >= 0.6 is 0 Å². The van der Waals surface area contributed by atoms with E-state index >= 15 is 0 Å². The maximum absolute atomic E-state index is 12.2. The Morgan fingerprint density at radius 3 is 2.29 bits per heavy atom. The summed E-state index contributed by atoms with van der Waals surface area (Å²) >= 11 is 0. The molecule has 0 bridgehead atoms. The monoisotopic (exact) mass is 242 g/mol. The molecule has 0 saturated carbocycles. The van der Waals surface area contributed by atoms with Gasteiger partial charge in [-0.3, -0.25) is 4.90 Å². The van der Waals surface area contributed by atoms with Crippen LogP contribution in [0.15, 0.2) is 24.3 Å². The van der Waals surface area contributed by atoms with E-state index in [1.54, 1.807) is 0 Å². The van der Waals surface area contributed by atoms with Crippen LogP contribution in [0.5, 0.6) is 0 Å². The molecule has 0 aliphatic carbocycles. The van der Waals surface area contributed by atoms with Crippen LogP contribution in [0.4, 0.5) is 13.2 Å². The van der Waals surface area contributed by atoms with Crippen molar-refractivity contribution in [3.63, 3.8) is 0 Å². The highest BCUT2D eigenvalue weighted by molar-refractivity contribution is 5.19. The lowest BCUT2D eigenvalue weighted by Crippen LogP contribution is -2.39. The minimum Gasteiger partial charge on any atom is -0.295 e. The molecular formula is C13H15F3N. The van der Waals surface area contributed by atoms with Gasteiger partial charge < -0.3 is 0 Å². The van der Waals surface area contributed by atoms with Crippen molar-refractivity contribution in [2.24, 2.45) is 0 Å². The van der Waals surface area contributed by atoms with Crippen LogP contribution in [0.1, 0.15) is 24.3 Å². The van der Waals surface area contributed by atoms with Gasteiger partial charge in [-0.05, 0) is 43.5 Å². The molecular weight excluding hydrogens is 227 g/mol. The van der Waals surface area contributed by atoms with Crippen molar-refractivity contribution in [1.29, 1.82) is 0 Å². The molecule has 1 radical (unpaired) electrons. The fraction of sp³-hybridized carbons (Fsp3) is 0.538. The predicted octanol–water partition coefficient (Wildman–Crippen LogP) is 3.23. The van der Waals surface area contributed by atoms with Crippen LogP contribution in [-0.2, 0) is 0 Å². The molecule has 0 amide bonds. The van der Waals surface area contributed by atoms with E-state index in [1.807, 2.05) is 24.3 Å². The maximum atomic E-state index is 12.2. The summed E-state index contributed by atoms with van der Waals surface area (Å²) in [7, 11) is 0. The fourth-order valence-corrected chi connectivity index (χ4v) is 2.35. The van der Waals surface area contributed by atoms with Gasteiger partial charge in [0.05, 0.1) is 6.54 Å². The van der Waals surface area contributed by atoms with Crippen molar-refractivity contribution in [3.05, 3.63) is 35.9 Å². The highest BCUT2D eigenvalue weighted by Gasteiger charge is 2.32. The Morgan fingerprint density at radius 2 is 1.76 bits per heavy atom. The summed E-state index contributed by atoms with van der Waals surface area (Å²) in [4.78, 5) is 1.49. The third-order valence-electron chi connectivity index (χ3n) is 3.21. The Hall–Kier alpha value is -1.03. The summed E-state index contributed by atoms with van der Waals surface area (Å²) in [5.41, 5.74) is 1.22. The number of benzene rings is 1. The molecule has 2 rings (SSSR count). The molecule has 1 saturated heterocycles. The molecule has 1 aromatic carbocycles. The molecule has 0 aromatic heterocycles. The van der Waals surface area contributed by atoms with E-state index in [9.17, 15) is 13.2 Å². The topological polar surface area (TPSA) is 3.24 Å². The largest absolute Gasteiger partial charge is 0.401 e. The summed E-state index contributed by atoms with van der Waals surface area (Å²) in [6.45, 7) is 0.286. The second kappa shape index (κ2) is 5.08. The second-order valence-corrected chi connectivity index (χ2v) is 4.50. The minimum absolute atomic E-state index is 0.397. The molecule has 0 N–H and O–H groups in total. The van der Waals surface area contributed by atoms with Crippen LogP contribution in [0.2, 0.25) is 0 Å². The smallest absolute Gasteiger partial charge is 0.295 e. The van der Waals surface area contributed by atoms with E-state index in [-0.39, 0.29) is 0 Å². The van der Waals surface area contributed by atoms with Gasteiger partial charge in [0.1, 0.15) is 0 Å². The average molecular weight is 242 g/mol. The molecule has 1 nitrogen and oxygen atoms in total. The minimum atomic E-state index is -4.07. The van der Waals surface area contributed by atoms with Crippen molar-refractivity contribution in [2.75, 3.05) is 19.6 Å². The van der Waals surface area contributed by atoms with Gasteiger partial charge in [-0.25, -0.2) is 0 Å². The Kier molecular flexibility index (Phi) is 3.72. The van der Waals surface area contributed by atoms with Gasteiger partial charge in [0.2, 0.25) is 0 Å². The summed E-state index contributed by atoms with van der Waals surface area (Å²) in [5, 5.41) is 0. The Bertz CT molecular complexity index is 339. The standard InChI is InChI=1S/C13H15F3N/c14-13(15,16)10-17-8-6-12(7-9-17)11-4-2-1-3-5-11/h2-5,12H,6-10H2. The molecule has 1 aliphatic heterocycles. The first-order chi connectivity index (χ1) is 8.04. The lowest BCUT2D eigenvalue weighted by atomic mass is 9.89. The molecule has 1 heterocycles. The first kappa shape index (κ1) is 12.4. The third kappa shape index (κ3) is 3.73. The highest BCUT2D eigenvalue weighted by Crippen LogP contribution is 2.29. The number of likely N-dealkylation sites (tertiary alicyclic amines) is 1. The van der Waals surface area contributed by atoms with Crippen LogP contribution in [-0.4, -0.2) is 30.7 Å². The van der Waals surface area contributed by atoms with E-state index in [0.29, 0.717) is 19.0 Å². The van der Waals surface area contributed by atoms with Crippen molar-refractivity contribution >= 4 is 0 Å². The summed E-state index contributed by atoms with van der Waals surface area (Å²) in [5.74, 6) is 0.397. The highest BCUT2D eigenvalue weighted by atomic mass is 19.4. The van der Waals surface area contributed by atoms with Gasteiger partial charge in [-0.15, -0.1) is 0 Å². The van der Waals surface area contributed by atoms with Crippen LogP contribution in [0, 0.1) is 6.07 Å². The number of nitrogens with zero attached hydrogens (tertiary/aromatic N) is 1. The summed E-state index contributed by atoms with van der Waals surface area (Å²) in [6.07, 6.45) is -2.46. The van der Waals surface area contributed by atoms with Crippen LogP contribution in [0.3, 0.4) is 0 Å². The number of rotatable bonds is 2. The first-order valence-electron chi connectivity index (χ1n) is 5.80. The van der Waals surface area contributed by atoms with Crippen molar-refractivity contribution in [3.8, 4) is 0 Å². The average Bonchev–Trinajstić information content (AvgIpc) is 2.29. The van der Waals surface area contributed by atoms with E-state index in [1.165, 1.54) is 10.5 Å². The molecule has 1 aromatic rings. The lowest BCUT2D eigenvalue weighted by molar-refractivity contribution is -0.147. The number of alkyl halides is 3. The van der Waals surface area contributed by atoms with Crippen molar-refractivity contribution in [2.45, 2.75) is 24.9 Å². The molecule has 0 atom stereocenters. The van der Waals surface area contributed by atoms with E-state index in [0.717, 1.165) is 12.8 Å². The van der Waals surface area contributed by atoms with Gasteiger partial charge in [0.15, 0.2) is 0 Å². The molecule has 4 heteroatoms. The quantitative estimate of drug-likeness (QED) is 0.769. The number of hydrogen-bond donors (Lipinski definition) is 0. The molecule has 93 valence electrons. The molecule has 1 fully saturated rings. The Labute approximate surface area is 99.2 Å². The number of hydrogen-bond acceptors (Lipinski definition) is 1. The summed E-state index contributed by atoms with van der Waals surface area (Å²) in [6, 6.07) is 10.7. The normalized spacial score (nSPS) is 19.5. The van der Waals surface area contributed by atoms with Gasteiger partial charge in [0.25, 0.3) is 0 Å². The van der Waals surface area contributed by atoms with E-state index in [2.05, 4.69) is 6.07 Å². The zero-order valence-electron chi connectivity index (χ0n) is 9.50. The Balaban J connectivity index is 1.86. The van der Waals surface area contributed by atoms with Crippen molar-refractivity contribution in [1.82, 2.24) is 4.90 Å². The molecule has 0 spiro atoms. The van der Waals surface area contributed by atoms with E-state index in [4.69, 9.17) is 0 Å². The van der Waals surface area contributed by atoms with E-state index < -0.39 is 12.7 Å². The lowest BCUT2D eigenvalue weighted by Gasteiger charge is -2.32. The van der Waals surface area contributed by atoms with Gasteiger partial charge in [0, 0.05) is 0 Å². The van der Waals surface area contributed by atoms with Gasteiger partial charge in [-0.1, -0.05) is 24.3 Å². The number of halogens is 3. The first-order valence-corrected chi connectivity index (χ1v) is 5.80. The third-order valence-corrected chi connectivity index (χ3v) is 3.21. The molecule has 0 unspecified atom stereocenters. The van der Waals surface area contributed by atoms with Crippen molar-refractivity contribution < 1.29 is 13.2 Å². The SMILES string of the molecule is FC(F)(F)CN1CCC(c2cc[c]cc2)CC1. The van der Waals surface area contributed by atoms with Crippen LogP contribution < -0.4 is 0 Å². The zero-order chi connectivity index (χ0) is 12.3. The Morgan fingerprint density at radius 1 is 1.18 bits per heavy atom. The molecule has 17 heavy (non-hydrogen) atoms. The molecule has 1 aliphatic rings.